The molecule has 0 aliphatic rings. The Morgan fingerprint density at radius 1 is 0.896 bits per heavy atom. The second kappa shape index (κ2) is 14.3. The summed E-state index contributed by atoms with van der Waals surface area (Å²) in [6.07, 6.45) is 3.45. The molecular formula is C36H35N7O4S. The maximum absolute atomic E-state index is 13.4. The highest BCUT2D eigenvalue weighted by molar-refractivity contribution is 7.94. The number of carbonyl (C=O) groups excluding carboxylic acids is 1. The Labute approximate surface area is 282 Å². The van der Waals surface area contributed by atoms with Crippen LogP contribution in [0.5, 0.6) is 23.1 Å². The number of fused-ring (bicyclic) bond motifs is 1. The smallest absolute Gasteiger partial charge is 0.324 e. The van der Waals surface area contributed by atoms with E-state index in [0.29, 0.717) is 46.3 Å². The van der Waals surface area contributed by atoms with Gasteiger partial charge in [0.1, 0.15) is 23.1 Å². The highest BCUT2D eigenvalue weighted by Crippen LogP contribution is 2.35. The van der Waals surface area contributed by atoms with Crippen molar-refractivity contribution in [1.82, 2.24) is 19.7 Å². The molecule has 0 aliphatic heterocycles. The SMILES string of the molecule is COc1cc(Nc2nccc(Oc3ccc(NC(=O)Nc4cc(C(C)C)nn4-c4ccc(C)cc4)c4ccccc34)n2)cc(OSC)c1. The van der Waals surface area contributed by atoms with Gasteiger partial charge in [0.05, 0.1) is 36.2 Å². The third-order valence-electron chi connectivity index (χ3n) is 7.37. The second-order valence-electron chi connectivity index (χ2n) is 11.2. The van der Waals surface area contributed by atoms with Gasteiger partial charge in [-0.25, -0.2) is 14.5 Å². The van der Waals surface area contributed by atoms with Crippen molar-refractivity contribution >= 4 is 52.0 Å². The van der Waals surface area contributed by atoms with Gasteiger partial charge in [-0.2, -0.15) is 10.1 Å². The summed E-state index contributed by atoms with van der Waals surface area (Å²) >= 11 is 1.23. The zero-order valence-electron chi connectivity index (χ0n) is 27.1. The number of aromatic nitrogens is 4. The molecule has 0 atom stereocenters. The molecule has 12 heteroatoms. The number of anilines is 4. The van der Waals surface area contributed by atoms with Gasteiger partial charge in [0.25, 0.3) is 0 Å². The fourth-order valence-corrected chi connectivity index (χ4v) is 5.29. The molecule has 0 bridgehead atoms. The van der Waals surface area contributed by atoms with Crippen LogP contribution < -0.4 is 29.6 Å². The summed E-state index contributed by atoms with van der Waals surface area (Å²) in [6.45, 7) is 6.17. The van der Waals surface area contributed by atoms with Crippen molar-refractivity contribution in [3.63, 3.8) is 0 Å². The fourth-order valence-electron chi connectivity index (χ4n) is 5.00. The number of methoxy groups -OCH3 is 1. The van der Waals surface area contributed by atoms with Crippen molar-refractivity contribution in [1.29, 1.82) is 0 Å². The molecule has 11 nitrogen and oxygen atoms in total. The second-order valence-corrected chi connectivity index (χ2v) is 11.7. The van der Waals surface area contributed by atoms with Crippen molar-refractivity contribution in [3.05, 3.63) is 108 Å². The van der Waals surface area contributed by atoms with Crippen molar-refractivity contribution in [2.75, 3.05) is 29.3 Å². The number of ether oxygens (including phenoxy) is 2. The monoisotopic (exact) mass is 661 g/mol. The molecule has 0 saturated heterocycles. The van der Waals surface area contributed by atoms with E-state index in [4.69, 9.17) is 18.8 Å². The first-order chi connectivity index (χ1) is 23.3. The highest BCUT2D eigenvalue weighted by Gasteiger charge is 2.16. The van der Waals surface area contributed by atoms with Gasteiger partial charge < -0.3 is 24.3 Å². The molecule has 0 radical (unpaired) electrons. The third-order valence-corrected chi connectivity index (χ3v) is 7.73. The predicted molar refractivity (Wildman–Crippen MR) is 192 cm³/mol. The number of benzene rings is 4. The summed E-state index contributed by atoms with van der Waals surface area (Å²) in [5, 5.41) is 15.5. The van der Waals surface area contributed by atoms with Gasteiger partial charge in [-0.3, -0.25) is 5.32 Å². The van der Waals surface area contributed by atoms with Gasteiger partial charge in [0.15, 0.2) is 0 Å². The molecule has 3 N–H and O–H groups in total. The maximum atomic E-state index is 13.4. The molecule has 2 amide bonds. The normalized spacial score (nSPS) is 11.0. The minimum Gasteiger partial charge on any atom is -0.497 e. The first-order valence-electron chi connectivity index (χ1n) is 15.2. The number of hydrogen-bond donors (Lipinski definition) is 3. The van der Waals surface area contributed by atoms with Crippen LogP contribution in [0.25, 0.3) is 16.5 Å². The molecule has 6 aromatic rings. The topological polar surface area (TPSA) is 124 Å². The molecule has 4 aromatic carbocycles. The zero-order chi connectivity index (χ0) is 33.6. The predicted octanol–water partition coefficient (Wildman–Crippen LogP) is 9.09. The molecule has 0 aliphatic carbocycles. The Hall–Kier alpha value is -5.75. The Bertz CT molecular complexity index is 2060. The van der Waals surface area contributed by atoms with E-state index < -0.39 is 6.03 Å². The summed E-state index contributed by atoms with van der Waals surface area (Å²) in [5.74, 6) is 3.25. The maximum Gasteiger partial charge on any atom is 0.324 e. The van der Waals surface area contributed by atoms with E-state index in [1.807, 2.05) is 79.9 Å². The van der Waals surface area contributed by atoms with Crippen LogP contribution in [0.15, 0.2) is 97.2 Å². The summed E-state index contributed by atoms with van der Waals surface area (Å²) in [4.78, 5) is 22.3. The number of rotatable bonds is 11. The van der Waals surface area contributed by atoms with Crippen LogP contribution in [-0.2, 0) is 0 Å². The lowest BCUT2D eigenvalue weighted by Crippen LogP contribution is -2.21. The first kappa shape index (κ1) is 32.2. The van der Waals surface area contributed by atoms with Crippen LogP contribution in [0.3, 0.4) is 0 Å². The molecule has 2 aromatic heterocycles. The van der Waals surface area contributed by atoms with Crippen LogP contribution in [0, 0.1) is 6.92 Å². The summed E-state index contributed by atoms with van der Waals surface area (Å²) in [5.41, 5.74) is 4.18. The number of urea groups is 1. The molecule has 48 heavy (non-hydrogen) atoms. The molecule has 6 rings (SSSR count). The van der Waals surface area contributed by atoms with E-state index >= 15 is 0 Å². The number of aryl methyl sites for hydroxylation is 1. The molecule has 0 spiro atoms. The minimum absolute atomic E-state index is 0.188. The summed E-state index contributed by atoms with van der Waals surface area (Å²) in [7, 11) is 1.59. The Balaban J connectivity index is 1.21. The average molecular weight is 662 g/mol. The van der Waals surface area contributed by atoms with E-state index in [1.54, 1.807) is 42.3 Å². The van der Waals surface area contributed by atoms with Gasteiger partial charge in [-0.1, -0.05) is 55.8 Å². The standard InChI is InChI=1S/C36H35N7O4S/c1-22(2)31-21-33(43(42-31)25-12-10-23(3)11-13-25)40-36(44)39-30-14-15-32(29-9-7-6-8-28(29)30)46-34-16-17-37-35(41-34)38-24-18-26(45-4)20-27(19-24)47-48-5/h6-22H,1-5H3,(H,37,38,41)(H2,39,40,44). The lowest BCUT2D eigenvalue weighted by Gasteiger charge is -2.14. The highest BCUT2D eigenvalue weighted by atomic mass is 32.2. The summed E-state index contributed by atoms with van der Waals surface area (Å²) in [6, 6.07) is 27.9. The molecular weight excluding hydrogens is 627 g/mol. The van der Waals surface area contributed by atoms with Crippen molar-refractivity contribution in [2.24, 2.45) is 0 Å². The van der Waals surface area contributed by atoms with Gasteiger partial charge >= 0.3 is 6.03 Å². The van der Waals surface area contributed by atoms with Crippen LogP contribution in [0.4, 0.5) is 27.9 Å². The van der Waals surface area contributed by atoms with E-state index in [1.165, 1.54) is 12.0 Å². The van der Waals surface area contributed by atoms with Gasteiger partial charge in [-0.05, 0) is 37.1 Å². The van der Waals surface area contributed by atoms with Gasteiger partial charge in [0, 0.05) is 59.2 Å². The lowest BCUT2D eigenvalue weighted by atomic mass is 10.1. The fraction of sp³-hybridized carbons (Fsp3) is 0.167. The van der Waals surface area contributed by atoms with Crippen LogP contribution in [-0.4, -0.2) is 39.1 Å². The van der Waals surface area contributed by atoms with Crippen LogP contribution >= 0.6 is 12.0 Å². The number of hydrogen-bond acceptors (Lipinski definition) is 9. The van der Waals surface area contributed by atoms with E-state index in [2.05, 4.69) is 39.8 Å². The van der Waals surface area contributed by atoms with E-state index in [9.17, 15) is 4.79 Å². The van der Waals surface area contributed by atoms with E-state index in [0.717, 1.165) is 27.7 Å². The number of nitrogens with one attached hydrogen (secondary N) is 3. The quantitative estimate of drug-likeness (QED) is 0.117. The van der Waals surface area contributed by atoms with Crippen molar-refractivity contribution < 1.29 is 18.5 Å². The summed E-state index contributed by atoms with van der Waals surface area (Å²) < 4.78 is 19.0. The number of nitrogens with zero attached hydrogens (tertiary/aromatic N) is 4. The number of carbonyl (C=O) groups is 1. The van der Waals surface area contributed by atoms with Crippen molar-refractivity contribution in [2.45, 2.75) is 26.7 Å². The molecule has 244 valence electrons. The zero-order valence-corrected chi connectivity index (χ0v) is 28.0. The number of amides is 2. The molecule has 0 unspecified atom stereocenters. The van der Waals surface area contributed by atoms with Gasteiger partial charge in [0.2, 0.25) is 11.8 Å². The average Bonchev–Trinajstić information content (AvgIpc) is 3.50. The third kappa shape index (κ3) is 7.45. The minimum atomic E-state index is -0.396. The lowest BCUT2D eigenvalue weighted by molar-refractivity contribution is 0.262. The van der Waals surface area contributed by atoms with Crippen LogP contribution in [0.2, 0.25) is 0 Å². The Kier molecular flexibility index (Phi) is 9.62. The largest absolute Gasteiger partial charge is 0.497 e. The van der Waals surface area contributed by atoms with Crippen LogP contribution in [0.1, 0.15) is 31.0 Å². The van der Waals surface area contributed by atoms with E-state index in [-0.39, 0.29) is 5.92 Å². The molecule has 2 heterocycles. The Morgan fingerprint density at radius 3 is 2.42 bits per heavy atom. The molecule has 0 saturated carbocycles. The molecule has 0 fully saturated rings. The Morgan fingerprint density at radius 2 is 1.67 bits per heavy atom. The first-order valence-corrected chi connectivity index (χ1v) is 16.4. The van der Waals surface area contributed by atoms with Gasteiger partial charge in [-0.15, -0.1) is 0 Å². The van der Waals surface area contributed by atoms with Crippen molar-refractivity contribution in [3.8, 4) is 28.8 Å².